The molecular weight excluding hydrogens is 292 g/mol. The number of nitrogens with two attached hydrogens (primary N) is 1. The smallest absolute Gasteiger partial charge is 0.238 e. The third-order valence-electron chi connectivity index (χ3n) is 3.36. The molecular formula is C14H22N2O4S. The van der Waals surface area contributed by atoms with E-state index in [2.05, 4.69) is 5.32 Å². The Labute approximate surface area is 125 Å². The van der Waals surface area contributed by atoms with Gasteiger partial charge in [-0.15, -0.1) is 0 Å². The number of carbonyl (C=O) groups excluding carboxylic acids is 1. The number of hydrogen-bond acceptors (Lipinski definition) is 4. The van der Waals surface area contributed by atoms with Crippen molar-refractivity contribution in [3.05, 3.63) is 22.8 Å². The molecule has 0 fully saturated rings. The van der Waals surface area contributed by atoms with E-state index in [1.165, 1.54) is 6.07 Å². The van der Waals surface area contributed by atoms with Crippen molar-refractivity contribution in [2.24, 2.45) is 5.14 Å². The Morgan fingerprint density at radius 2 is 1.90 bits per heavy atom. The predicted octanol–water partition coefficient (Wildman–Crippen LogP) is 1.16. The summed E-state index contributed by atoms with van der Waals surface area (Å²) in [5.74, 6) is 0.615. The van der Waals surface area contributed by atoms with Gasteiger partial charge >= 0.3 is 0 Å². The Bertz CT molecular complexity index is 639. The zero-order valence-electron chi connectivity index (χ0n) is 12.8. The van der Waals surface area contributed by atoms with E-state index in [1.54, 1.807) is 27.8 Å². The zero-order chi connectivity index (χ0) is 16.2. The maximum absolute atomic E-state index is 11.5. The van der Waals surface area contributed by atoms with Crippen LogP contribution in [0.5, 0.6) is 5.75 Å². The van der Waals surface area contributed by atoms with Crippen LogP contribution in [0.1, 0.15) is 29.5 Å². The molecule has 0 saturated heterocycles. The number of hydrogen-bond donors (Lipinski definition) is 2. The van der Waals surface area contributed by atoms with E-state index in [0.29, 0.717) is 36.3 Å². The van der Waals surface area contributed by atoms with E-state index in [0.717, 1.165) is 5.56 Å². The van der Waals surface area contributed by atoms with E-state index >= 15 is 0 Å². The summed E-state index contributed by atoms with van der Waals surface area (Å²) in [6, 6.07) is 1.52. The summed E-state index contributed by atoms with van der Waals surface area (Å²) in [5.41, 5.74) is 2.05. The van der Waals surface area contributed by atoms with Crippen molar-refractivity contribution in [2.45, 2.75) is 38.5 Å². The number of rotatable bonds is 6. The molecule has 0 saturated carbocycles. The quantitative estimate of drug-likeness (QED) is 0.770. The fraction of sp³-hybridized carbons (Fsp3) is 0.500. The Hall–Kier alpha value is -1.60. The van der Waals surface area contributed by atoms with Crippen molar-refractivity contribution in [1.29, 1.82) is 0 Å². The summed E-state index contributed by atoms with van der Waals surface area (Å²) in [6.07, 6.45) is 0.984. The van der Waals surface area contributed by atoms with E-state index in [9.17, 15) is 13.2 Å². The molecule has 0 radical (unpaired) electrons. The normalized spacial score (nSPS) is 11.3. The molecule has 6 nitrogen and oxygen atoms in total. The lowest BCUT2D eigenvalue weighted by Crippen LogP contribution is -2.18. The molecule has 0 aliphatic rings. The van der Waals surface area contributed by atoms with Gasteiger partial charge in [-0.3, -0.25) is 4.79 Å². The second-order valence-electron chi connectivity index (χ2n) is 4.94. The van der Waals surface area contributed by atoms with Gasteiger partial charge in [-0.25, -0.2) is 13.6 Å². The number of nitrogens with one attached hydrogen (secondary N) is 1. The summed E-state index contributed by atoms with van der Waals surface area (Å²) >= 11 is 0. The van der Waals surface area contributed by atoms with Gasteiger partial charge in [-0.05, 0) is 49.9 Å². The Morgan fingerprint density at radius 1 is 1.29 bits per heavy atom. The number of primary sulfonamides is 1. The monoisotopic (exact) mass is 314 g/mol. The molecule has 1 rings (SSSR count). The van der Waals surface area contributed by atoms with Crippen LogP contribution in [0.15, 0.2) is 11.0 Å². The van der Waals surface area contributed by atoms with Gasteiger partial charge in [-0.2, -0.15) is 0 Å². The highest BCUT2D eigenvalue weighted by atomic mass is 32.2. The Kier molecular flexibility index (Phi) is 5.74. The number of ether oxygens (including phenoxy) is 1. The lowest BCUT2D eigenvalue weighted by Gasteiger charge is -2.16. The van der Waals surface area contributed by atoms with Crippen molar-refractivity contribution in [1.82, 2.24) is 5.32 Å². The maximum Gasteiger partial charge on any atom is 0.238 e. The van der Waals surface area contributed by atoms with E-state index in [1.807, 2.05) is 0 Å². The number of benzene rings is 1. The third kappa shape index (κ3) is 4.44. The lowest BCUT2D eigenvalue weighted by molar-refractivity contribution is -0.120. The molecule has 0 spiro atoms. The van der Waals surface area contributed by atoms with Crippen LogP contribution >= 0.6 is 0 Å². The van der Waals surface area contributed by atoms with Crippen molar-refractivity contribution in [2.75, 3.05) is 13.7 Å². The highest BCUT2D eigenvalue weighted by molar-refractivity contribution is 7.89. The molecule has 3 N–H and O–H groups in total. The molecule has 0 bridgehead atoms. The second kappa shape index (κ2) is 6.91. The Balaban J connectivity index is 2.90. The van der Waals surface area contributed by atoms with Crippen molar-refractivity contribution in [3.63, 3.8) is 0 Å². The van der Waals surface area contributed by atoms with Crippen LogP contribution in [0.4, 0.5) is 0 Å². The lowest BCUT2D eigenvalue weighted by atomic mass is 10.1. The minimum absolute atomic E-state index is 0.0344. The van der Waals surface area contributed by atoms with Crippen molar-refractivity contribution >= 4 is 15.9 Å². The number of amides is 1. The summed E-state index contributed by atoms with van der Waals surface area (Å²) in [7, 11) is -2.15. The van der Waals surface area contributed by atoms with E-state index < -0.39 is 10.0 Å². The molecule has 0 aliphatic carbocycles. The van der Waals surface area contributed by atoms with Gasteiger partial charge in [0.05, 0.1) is 11.5 Å². The van der Waals surface area contributed by atoms with Gasteiger partial charge in [0.25, 0.3) is 0 Å². The minimum atomic E-state index is -3.74. The third-order valence-corrected chi connectivity index (χ3v) is 4.40. The van der Waals surface area contributed by atoms with Gasteiger partial charge in [-0.1, -0.05) is 0 Å². The highest BCUT2D eigenvalue weighted by Gasteiger charge is 2.18. The zero-order valence-corrected chi connectivity index (χ0v) is 13.6. The predicted molar refractivity (Wildman–Crippen MR) is 80.8 cm³/mol. The van der Waals surface area contributed by atoms with Crippen LogP contribution in [0.25, 0.3) is 0 Å². The highest BCUT2D eigenvalue weighted by Crippen LogP contribution is 2.30. The van der Waals surface area contributed by atoms with Crippen LogP contribution in [0, 0.1) is 20.8 Å². The first kappa shape index (κ1) is 17.5. The van der Waals surface area contributed by atoms with Gasteiger partial charge in [0.2, 0.25) is 15.9 Å². The van der Waals surface area contributed by atoms with Gasteiger partial charge in [0, 0.05) is 13.5 Å². The first-order valence-corrected chi connectivity index (χ1v) is 8.20. The molecule has 0 unspecified atom stereocenters. The standard InChI is InChI=1S/C14H22N2O4S/c1-9-8-12(21(15,18)19)10(2)11(3)14(9)20-7-5-6-13(17)16-4/h8H,5-7H2,1-4H3,(H,16,17)(H2,15,18,19). The second-order valence-corrected chi connectivity index (χ2v) is 6.47. The van der Waals surface area contributed by atoms with Crippen molar-refractivity contribution < 1.29 is 17.9 Å². The average Bonchev–Trinajstić information content (AvgIpc) is 2.40. The topological polar surface area (TPSA) is 98.5 Å². The van der Waals surface area contributed by atoms with E-state index in [-0.39, 0.29) is 10.8 Å². The molecule has 0 heterocycles. The molecule has 0 atom stereocenters. The first-order chi connectivity index (χ1) is 9.68. The SMILES string of the molecule is CNC(=O)CCCOc1c(C)cc(S(N)(=O)=O)c(C)c1C. The van der Waals surface area contributed by atoms with Gasteiger partial charge in [0.15, 0.2) is 0 Å². The first-order valence-electron chi connectivity index (χ1n) is 6.65. The van der Waals surface area contributed by atoms with E-state index in [4.69, 9.17) is 9.88 Å². The summed E-state index contributed by atoms with van der Waals surface area (Å²) in [4.78, 5) is 11.2. The number of sulfonamides is 1. The molecule has 1 amide bonds. The Morgan fingerprint density at radius 3 is 2.43 bits per heavy atom. The van der Waals surface area contributed by atoms with Gasteiger partial charge < -0.3 is 10.1 Å². The van der Waals surface area contributed by atoms with Crippen LogP contribution in [0.2, 0.25) is 0 Å². The van der Waals surface area contributed by atoms with Crippen LogP contribution in [-0.2, 0) is 14.8 Å². The van der Waals surface area contributed by atoms with Crippen LogP contribution < -0.4 is 15.2 Å². The molecule has 0 aromatic heterocycles. The molecule has 118 valence electrons. The summed E-state index contributed by atoms with van der Waals surface area (Å²) < 4.78 is 28.8. The maximum atomic E-state index is 11.5. The van der Waals surface area contributed by atoms with Crippen LogP contribution in [0.3, 0.4) is 0 Å². The molecule has 1 aromatic rings. The minimum Gasteiger partial charge on any atom is -0.493 e. The van der Waals surface area contributed by atoms with Crippen LogP contribution in [-0.4, -0.2) is 28.0 Å². The average molecular weight is 314 g/mol. The fourth-order valence-corrected chi connectivity index (χ4v) is 2.99. The summed E-state index contributed by atoms with van der Waals surface area (Å²) in [5, 5.41) is 7.75. The fourth-order valence-electron chi connectivity index (χ4n) is 2.07. The largest absolute Gasteiger partial charge is 0.493 e. The number of aryl methyl sites for hydroxylation is 1. The molecule has 0 aliphatic heterocycles. The van der Waals surface area contributed by atoms with Crippen molar-refractivity contribution in [3.8, 4) is 5.75 Å². The molecule has 21 heavy (non-hydrogen) atoms. The molecule has 7 heteroatoms. The molecule has 1 aromatic carbocycles. The number of carbonyl (C=O) groups is 1. The summed E-state index contributed by atoms with van der Waals surface area (Å²) in [6.45, 7) is 5.66. The van der Waals surface area contributed by atoms with Gasteiger partial charge in [0.1, 0.15) is 5.75 Å².